The topological polar surface area (TPSA) is 37.3 Å². The van der Waals surface area contributed by atoms with E-state index < -0.39 is 5.97 Å². The van der Waals surface area contributed by atoms with Gasteiger partial charge in [0.05, 0.1) is 0 Å². The molecule has 0 aliphatic heterocycles. The Kier molecular flexibility index (Phi) is 5.89. The zero-order valence-electron chi connectivity index (χ0n) is 7.67. The largest absolute Gasteiger partial charge is 0.480 e. The van der Waals surface area contributed by atoms with Gasteiger partial charge in [0, 0.05) is 5.75 Å². The molecule has 0 aromatic rings. The van der Waals surface area contributed by atoms with Gasteiger partial charge in [-0.2, -0.15) is 0 Å². The Hall–Kier alpha value is -0.440. The highest BCUT2D eigenvalue weighted by atomic mass is 32.2. The van der Waals surface area contributed by atoms with Crippen molar-refractivity contribution in [2.24, 2.45) is 0 Å². The van der Waals surface area contributed by atoms with E-state index in [1.165, 1.54) is 11.8 Å². The molecular weight excluding hydrogens is 172 g/mol. The normalized spacial score (nSPS) is 12.5. The molecule has 0 aromatic heterocycles. The molecule has 1 N–H and O–H groups in total. The van der Waals surface area contributed by atoms with Crippen LogP contribution in [0.25, 0.3) is 0 Å². The number of aliphatic carboxylic acids is 1. The summed E-state index contributed by atoms with van der Waals surface area (Å²) in [5.41, 5.74) is 1.11. The van der Waals surface area contributed by atoms with E-state index in [9.17, 15) is 4.79 Å². The monoisotopic (exact) mass is 188 g/mol. The Bertz CT molecular complexity index is 166. The van der Waals surface area contributed by atoms with E-state index >= 15 is 0 Å². The molecule has 12 heavy (non-hydrogen) atoms. The van der Waals surface area contributed by atoms with Gasteiger partial charge in [-0.25, -0.2) is 0 Å². The van der Waals surface area contributed by atoms with Crippen LogP contribution in [0.3, 0.4) is 0 Å². The zero-order valence-corrected chi connectivity index (χ0v) is 8.49. The van der Waals surface area contributed by atoms with Gasteiger partial charge in [0.25, 0.3) is 0 Å². The predicted octanol–water partition coefficient (Wildman–Crippen LogP) is 2.55. The Morgan fingerprint density at radius 2 is 2.17 bits per heavy atom. The SMILES string of the molecule is C=C(CC)CSC(CC)C(=O)O. The lowest BCUT2D eigenvalue weighted by Gasteiger charge is -2.09. The van der Waals surface area contributed by atoms with Gasteiger partial charge in [0.2, 0.25) is 0 Å². The summed E-state index contributed by atoms with van der Waals surface area (Å²) in [5, 5.41) is 8.44. The second kappa shape index (κ2) is 6.12. The van der Waals surface area contributed by atoms with Crippen molar-refractivity contribution in [3.63, 3.8) is 0 Å². The van der Waals surface area contributed by atoms with Crippen LogP contribution in [-0.4, -0.2) is 22.1 Å². The molecule has 0 radical (unpaired) electrons. The van der Waals surface area contributed by atoms with Crippen LogP contribution in [0.4, 0.5) is 0 Å². The predicted molar refractivity (Wildman–Crippen MR) is 53.6 cm³/mol. The molecule has 0 saturated heterocycles. The van der Waals surface area contributed by atoms with Crippen LogP contribution in [0.15, 0.2) is 12.2 Å². The van der Waals surface area contributed by atoms with Crippen LogP contribution in [0, 0.1) is 0 Å². The molecule has 0 saturated carbocycles. The number of carbonyl (C=O) groups is 1. The minimum absolute atomic E-state index is 0.270. The number of hydrogen-bond acceptors (Lipinski definition) is 2. The van der Waals surface area contributed by atoms with E-state index in [2.05, 4.69) is 6.58 Å². The molecule has 0 rings (SSSR count). The highest BCUT2D eigenvalue weighted by Gasteiger charge is 2.14. The Morgan fingerprint density at radius 3 is 2.50 bits per heavy atom. The first-order valence-electron chi connectivity index (χ1n) is 4.12. The van der Waals surface area contributed by atoms with E-state index in [4.69, 9.17) is 5.11 Å². The van der Waals surface area contributed by atoms with Crippen molar-refractivity contribution in [1.29, 1.82) is 0 Å². The van der Waals surface area contributed by atoms with Crippen LogP contribution in [0.2, 0.25) is 0 Å². The highest BCUT2D eigenvalue weighted by Crippen LogP contribution is 2.18. The summed E-state index contributed by atoms with van der Waals surface area (Å²) in [5.74, 6) is 0.0489. The quantitative estimate of drug-likeness (QED) is 0.651. The molecule has 0 amide bonds. The van der Waals surface area contributed by atoms with Crippen molar-refractivity contribution in [3.8, 4) is 0 Å². The van der Waals surface area contributed by atoms with E-state index in [0.717, 1.165) is 17.7 Å². The van der Waals surface area contributed by atoms with Crippen molar-refractivity contribution in [2.45, 2.75) is 31.9 Å². The van der Waals surface area contributed by atoms with Gasteiger partial charge in [0.15, 0.2) is 0 Å². The molecule has 0 spiro atoms. The van der Waals surface area contributed by atoms with Gasteiger partial charge in [-0.1, -0.05) is 26.0 Å². The number of thioether (sulfide) groups is 1. The van der Waals surface area contributed by atoms with Crippen molar-refractivity contribution < 1.29 is 9.90 Å². The second-order valence-electron chi connectivity index (χ2n) is 2.65. The molecule has 0 fully saturated rings. The van der Waals surface area contributed by atoms with Crippen molar-refractivity contribution in [2.75, 3.05) is 5.75 Å². The molecule has 70 valence electrons. The molecule has 0 heterocycles. The molecule has 1 atom stereocenters. The minimum Gasteiger partial charge on any atom is -0.480 e. The van der Waals surface area contributed by atoms with Gasteiger partial charge >= 0.3 is 5.97 Å². The summed E-state index contributed by atoms with van der Waals surface area (Å²) < 4.78 is 0. The Morgan fingerprint density at radius 1 is 1.58 bits per heavy atom. The lowest BCUT2D eigenvalue weighted by Crippen LogP contribution is -2.15. The Labute approximate surface area is 78.0 Å². The summed E-state index contributed by atoms with van der Waals surface area (Å²) in [7, 11) is 0. The number of rotatable bonds is 6. The van der Waals surface area contributed by atoms with Gasteiger partial charge in [-0.05, 0) is 12.8 Å². The number of carboxylic acid groups (broad SMARTS) is 1. The lowest BCUT2D eigenvalue weighted by molar-refractivity contribution is -0.136. The summed E-state index contributed by atoms with van der Waals surface area (Å²) in [6.45, 7) is 7.75. The fraction of sp³-hybridized carbons (Fsp3) is 0.667. The molecule has 2 nitrogen and oxygen atoms in total. The zero-order chi connectivity index (χ0) is 9.56. The molecule has 0 aliphatic carbocycles. The van der Waals surface area contributed by atoms with Gasteiger partial charge in [-0.3, -0.25) is 4.79 Å². The first-order chi connectivity index (χ1) is 5.61. The van der Waals surface area contributed by atoms with E-state index in [-0.39, 0.29) is 5.25 Å². The summed E-state index contributed by atoms with van der Waals surface area (Å²) in [4.78, 5) is 10.6. The molecule has 0 bridgehead atoms. The van der Waals surface area contributed by atoms with Crippen LogP contribution in [0.5, 0.6) is 0 Å². The number of hydrogen-bond donors (Lipinski definition) is 1. The minimum atomic E-state index is -0.716. The maximum absolute atomic E-state index is 10.6. The fourth-order valence-corrected chi connectivity index (χ4v) is 1.70. The second-order valence-corrected chi connectivity index (χ2v) is 3.84. The maximum Gasteiger partial charge on any atom is 0.316 e. The van der Waals surface area contributed by atoms with Gasteiger partial charge in [0.1, 0.15) is 5.25 Å². The smallest absolute Gasteiger partial charge is 0.316 e. The summed E-state index contributed by atoms with van der Waals surface area (Å²) in [6.07, 6.45) is 1.61. The van der Waals surface area contributed by atoms with Crippen LogP contribution in [0.1, 0.15) is 26.7 Å². The van der Waals surface area contributed by atoms with E-state index in [1.54, 1.807) is 0 Å². The van der Waals surface area contributed by atoms with Gasteiger partial charge in [-0.15, -0.1) is 11.8 Å². The lowest BCUT2D eigenvalue weighted by atomic mass is 10.3. The summed E-state index contributed by atoms with van der Waals surface area (Å²) >= 11 is 1.46. The van der Waals surface area contributed by atoms with Crippen LogP contribution in [-0.2, 0) is 4.79 Å². The van der Waals surface area contributed by atoms with Crippen molar-refractivity contribution in [1.82, 2.24) is 0 Å². The third-order valence-electron chi connectivity index (χ3n) is 1.63. The van der Waals surface area contributed by atoms with Crippen LogP contribution < -0.4 is 0 Å². The van der Waals surface area contributed by atoms with Crippen molar-refractivity contribution >= 4 is 17.7 Å². The maximum atomic E-state index is 10.6. The first kappa shape index (κ1) is 11.6. The first-order valence-corrected chi connectivity index (χ1v) is 5.17. The fourth-order valence-electron chi connectivity index (χ4n) is 0.684. The molecule has 0 aliphatic rings. The molecule has 0 aromatic carbocycles. The molecule has 1 unspecified atom stereocenters. The Balaban J connectivity index is 3.73. The molecular formula is C9H16O2S. The average molecular weight is 188 g/mol. The third kappa shape index (κ3) is 4.44. The average Bonchev–Trinajstić information content (AvgIpc) is 2.04. The highest BCUT2D eigenvalue weighted by molar-refractivity contribution is 8.00. The van der Waals surface area contributed by atoms with Crippen molar-refractivity contribution in [3.05, 3.63) is 12.2 Å². The summed E-state index contributed by atoms with van der Waals surface area (Å²) in [6, 6.07) is 0. The third-order valence-corrected chi connectivity index (χ3v) is 3.15. The number of carboxylic acids is 1. The van der Waals surface area contributed by atoms with Crippen LogP contribution >= 0.6 is 11.8 Å². The van der Waals surface area contributed by atoms with Gasteiger partial charge < -0.3 is 5.11 Å². The standard InChI is InChI=1S/C9H16O2S/c1-4-7(3)6-12-8(5-2)9(10)11/h8H,3-6H2,1-2H3,(H,10,11). The molecule has 3 heteroatoms. The van der Waals surface area contributed by atoms with E-state index in [0.29, 0.717) is 6.42 Å². The van der Waals surface area contributed by atoms with E-state index in [1.807, 2.05) is 13.8 Å².